The van der Waals surface area contributed by atoms with Gasteiger partial charge < -0.3 is 4.40 Å². The molecular weight excluding hydrogens is 390 g/mol. The van der Waals surface area contributed by atoms with Gasteiger partial charge in [0.2, 0.25) is 0 Å². The summed E-state index contributed by atoms with van der Waals surface area (Å²) < 4.78 is 4.81. The number of benzene rings is 3. The molecule has 0 unspecified atom stereocenters. The van der Waals surface area contributed by atoms with Crippen LogP contribution in [-0.2, 0) is 7.05 Å². The lowest BCUT2D eigenvalue weighted by Gasteiger charge is -2.18. The number of aryl methyl sites for hydroxylation is 4. The first-order valence-corrected chi connectivity index (χ1v) is 11.9. The Hall–Kier alpha value is -3.20. The quantitative estimate of drug-likeness (QED) is 0.164. The van der Waals surface area contributed by atoms with E-state index in [4.69, 9.17) is 4.98 Å². The Morgan fingerprint density at radius 2 is 1.69 bits per heavy atom. The van der Waals surface area contributed by atoms with Gasteiger partial charge in [-0.1, -0.05) is 37.1 Å². The Balaban J connectivity index is 1.91. The predicted molar refractivity (Wildman–Crippen MR) is 133 cm³/mol. The fraction of sp³-hybridized carbons (Fsp3) is 0.310. The van der Waals surface area contributed by atoms with E-state index in [1.807, 2.05) is 6.33 Å². The van der Waals surface area contributed by atoms with Crippen LogP contribution < -0.4 is 4.57 Å². The molecule has 0 N–H and O–H groups in total. The zero-order valence-corrected chi connectivity index (χ0v) is 19.3. The van der Waals surface area contributed by atoms with E-state index >= 15 is 0 Å². The summed E-state index contributed by atoms with van der Waals surface area (Å²) in [6.07, 6.45) is 7.28. The van der Waals surface area contributed by atoms with Crippen molar-refractivity contribution in [2.45, 2.75) is 52.4 Å². The van der Waals surface area contributed by atoms with Crippen LogP contribution in [0, 0.1) is 20.8 Å². The molecule has 1 saturated carbocycles. The second kappa shape index (κ2) is 6.19. The normalized spacial score (nSPS) is 15.5. The second-order valence-electron chi connectivity index (χ2n) is 9.98. The summed E-state index contributed by atoms with van der Waals surface area (Å²) in [5, 5.41) is 5.51. The molecule has 0 amide bonds. The van der Waals surface area contributed by atoms with Crippen LogP contribution in [0.2, 0.25) is 0 Å². The Labute approximate surface area is 187 Å². The number of pyridine rings is 1. The molecule has 0 aliphatic heterocycles. The molecule has 1 aliphatic rings. The third-order valence-electron chi connectivity index (χ3n) is 8.17. The second-order valence-corrected chi connectivity index (χ2v) is 9.98. The van der Waals surface area contributed by atoms with E-state index < -0.39 is 0 Å². The van der Waals surface area contributed by atoms with Gasteiger partial charge in [0.05, 0.1) is 29.0 Å². The van der Waals surface area contributed by atoms with Crippen LogP contribution in [0.3, 0.4) is 0 Å². The minimum Gasteiger partial charge on any atom is -0.307 e. The third kappa shape index (κ3) is 2.12. The summed E-state index contributed by atoms with van der Waals surface area (Å²) in [6.45, 7) is 6.79. The van der Waals surface area contributed by atoms with Gasteiger partial charge in [0.15, 0.2) is 5.52 Å². The molecule has 1 aliphatic carbocycles. The van der Waals surface area contributed by atoms with E-state index in [2.05, 4.69) is 73.2 Å². The van der Waals surface area contributed by atoms with Crippen molar-refractivity contribution in [1.82, 2.24) is 9.38 Å². The van der Waals surface area contributed by atoms with Crippen molar-refractivity contribution >= 4 is 49.1 Å². The molecule has 3 heterocycles. The van der Waals surface area contributed by atoms with Crippen LogP contribution in [0.4, 0.5) is 0 Å². The van der Waals surface area contributed by atoms with Crippen molar-refractivity contribution in [3.63, 3.8) is 0 Å². The molecule has 3 heteroatoms. The first-order valence-electron chi connectivity index (χ1n) is 11.9. The molecule has 0 bridgehead atoms. The fourth-order valence-corrected chi connectivity index (χ4v) is 6.64. The molecule has 0 atom stereocenters. The minimum atomic E-state index is 0.639. The fourth-order valence-electron chi connectivity index (χ4n) is 6.64. The molecule has 0 saturated heterocycles. The highest BCUT2D eigenvalue weighted by Crippen LogP contribution is 2.47. The maximum Gasteiger partial charge on any atom is 0.287 e. The molecule has 7 rings (SSSR count). The van der Waals surface area contributed by atoms with Gasteiger partial charge >= 0.3 is 0 Å². The first-order chi connectivity index (χ1) is 15.6. The van der Waals surface area contributed by atoms with Crippen molar-refractivity contribution in [3.05, 3.63) is 65.0 Å². The molecule has 158 valence electrons. The molecule has 0 spiro atoms. The van der Waals surface area contributed by atoms with Crippen LogP contribution in [0.15, 0.2) is 42.7 Å². The predicted octanol–water partition coefficient (Wildman–Crippen LogP) is 6.79. The molecule has 3 aromatic heterocycles. The van der Waals surface area contributed by atoms with Gasteiger partial charge in [0.25, 0.3) is 6.33 Å². The average Bonchev–Trinajstić information content (AvgIpc) is 3.44. The summed E-state index contributed by atoms with van der Waals surface area (Å²) in [5.74, 6) is 0.639. The highest BCUT2D eigenvalue weighted by Gasteiger charge is 2.30. The summed E-state index contributed by atoms with van der Waals surface area (Å²) >= 11 is 0. The molecule has 32 heavy (non-hydrogen) atoms. The third-order valence-corrected chi connectivity index (χ3v) is 8.17. The van der Waals surface area contributed by atoms with Crippen LogP contribution in [0.5, 0.6) is 0 Å². The van der Waals surface area contributed by atoms with Crippen molar-refractivity contribution < 1.29 is 4.57 Å². The topological polar surface area (TPSA) is 21.2 Å². The van der Waals surface area contributed by atoms with E-state index in [1.54, 1.807) is 0 Å². The largest absolute Gasteiger partial charge is 0.307 e. The Morgan fingerprint density at radius 3 is 2.50 bits per heavy atom. The average molecular weight is 419 g/mol. The molecule has 1 fully saturated rings. The lowest BCUT2D eigenvalue weighted by atomic mass is 9.90. The maximum absolute atomic E-state index is 4.97. The maximum atomic E-state index is 4.97. The number of fused-ring (bicyclic) bond motifs is 6. The van der Waals surface area contributed by atoms with E-state index in [-0.39, 0.29) is 0 Å². The monoisotopic (exact) mass is 418 g/mol. The SMILES string of the molecule is Cc1cc(C)c2c(c1C)c1c3c(cc(C4CCCC4)c4c5ccccc5n2c43)nc[n+]1C. The highest BCUT2D eigenvalue weighted by atomic mass is 15.0. The van der Waals surface area contributed by atoms with Crippen LogP contribution in [0.1, 0.15) is 53.9 Å². The van der Waals surface area contributed by atoms with Crippen LogP contribution in [0.25, 0.3) is 49.1 Å². The van der Waals surface area contributed by atoms with Gasteiger partial charge in [0.1, 0.15) is 5.52 Å². The number of rotatable bonds is 1. The molecule has 0 radical (unpaired) electrons. The van der Waals surface area contributed by atoms with Gasteiger partial charge in [0, 0.05) is 16.2 Å². The lowest BCUT2D eigenvalue weighted by Crippen LogP contribution is -2.30. The Morgan fingerprint density at radius 1 is 0.906 bits per heavy atom. The van der Waals surface area contributed by atoms with Crippen molar-refractivity contribution in [2.24, 2.45) is 7.05 Å². The van der Waals surface area contributed by atoms with Gasteiger partial charge in [-0.15, -0.1) is 0 Å². The van der Waals surface area contributed by atoms with E-state index in [0.717, 1.165) is 5.52 Å². The number of hydrogen-bond acceptors (Lipinski definition) is 1. The lowest BCUT2D eigenvalue weighted by molar-refractivity contribution is -0.646. The zero-order valence-electron chi connectivity index (χ0n) is 19.3. The van der Waals surface area contributed by atoms with Crippen LogP contribution >= 0.6 is 0 Å². The van der Waals surface area contributed by atoms with Gasteiger partial charge in [-0.05, 0) is 78.9 Å². The molecule has 3 nitrogen and oxygen atoms in total. The molecular formula is C29H28N3+. The smallest absolute Gasteiger partial charge is 0.287 e. The van der Waals surface area contributed by atoms with Crippen molar-refractivity contribution in [1.29, 1.82) is 0 Å². The van der Waals surface area contributed by atoms with Gasteiger partial charge in [-0.2, -0.15) is 0 Å². The summed E-state index contributed by atoms with van der Waals surface area (Å²) in [6, 6.07) is 13.8. The molecule has 6 aromatic rings. The zero-order chi connectivity index (χ0) is 21.7. The Kier molecular flexibility index (Phi) is 3.55. The Bertz CT molecular complexity index is 1710. The number of hydrogen-bond donors (Lipinski definition) is 0. The van der Waals surface area contributed by atoms with E-state index in [0.29, 0.717) is 5.92 Å². The van der Waals surface area contributed by atoms with Crippen LogP contribution in [-0.4, -0.2) is 9.38 Å². The van der Waals surface area contributed by atoms with Crippen molar-refractivity contribution in [3.8, 4) is 0 Å². The molecule has 3 aromatic carbocycles. The minimum absolute atomic E-state index is 0.639. The van der Waals surface area contributed by atoms with Gasteiger partial charge in [-0.3, -0.25) is 0 Å². The van der Waals surface area contributed by atoms with Gasteiger partial charge in [-0.25, -0.2) is 4.57 Å². The van der Waals surface area contributed by atoms with E-state index in [1.165, 1.54) is 91.5 Å². The standard InChI is InChI=1S/C29H28N3/c1-16-13-17(2)27-24(18(16)3)28-26-22(30-15-31(28)4)14-21(19-9-5-6-10-19)25-20-11-7-8-12-23(20)32(27)29(25)26/h7-8,11-15,19H,5-6,9-10H2,1-4H3/q+1. The number of nitrogens with zero attached hydrogens (tertiary/aromatic N) is 3. The number of aromatic nitrogens is 3. The summed E-state index contributed by atoms with van der Waals surface area (Å²) in [4.78, 5) is 4.97. The first kappa shape index (κ1) is 18.4. The van der Waals surface area contributed by atoms with E-state index in [9.17, 15) is 0 Å². The van der Waals surface area contributed by atoms with Crippen molar-refractivity contribution in [2.75, 3.05) is 0 Å². The number of para-hydroxylation sites is 1. The summed E-state index contributed by atoms with van der Waals surface area (Å²) in [7, 11) is 2.15. The summed E-state index contributed by atoms with van der Waals surface area (Å²) in [5.41, 5.74) is 12.0. The highest BCUT2D eigenvalue weighted by molar-refractivity contribution is 6.28.